The molecule has 0 fully saturated rings. The molecular weight excluding hydrogens is 356 g/mol. The molecular formula is C19H17ClN2O4. The van der Waals surface area contributed by atoms with Crippen LogP contribution in [0.1, 0.15) is 38.4 Å². The number of Topliss-reactive ketones (excluding diaryl/α,β-unsaturated/α-hetero) is 1. The smallest absolute Gasteiger partial charge is 0.325 e. The Morgan fingerprint density at radius 2 is 1.92 bits per heavy atom. The monoisotopic (exact) mass is 372 g/mol. The number of aryl methyl sites for hydroxylation is 2. The molecule has 0 radical (unpaired) electrons. The van der Waals surface area contributed by atoms with Crippen molar-refractivity contribution in [2.45, 2.75) is 19.3 Å². The van der Waals surface area contributed by atoms with Crippen molar-refractivity contribution in [3.63, 3.8) is 0 Å². The van der Waals surface area contributed by atoms with Gasteiger partial charge in [-0.3, -0.25) is 19.4 Å². The van der Waals surface area contributed by atoms with Crippen LogP contribution in [-0.4, -0.2) is 35.8 Å². The molecule has 1 amide bonds. The molecule has 0 atom stereocenters. The van der Waals surface area contributed by atoms with E-state index in [4.69, 9.17) is 16.3 Å². The Bertz CT molecular complexity index is 866. The number of halogens is 1. The second-order valence-corrected chi connectivity index (χ2v) is 6.40. The number of benzene rings is 1. The summed E-state index contributed by atoms with van der Waals surface area (Å²) in [6.07, 6.45) is 4.51. The van der Waals surface area contributed by atoms with Crippen molar-refractivity contribution in [2.75, 3.05) is 13.2 Å². The number of nitrogens with zero attached hydrogens (tertiary/aromatic N) is 1. The van der Waals surface area contributed by atoms with Crippen molar-refractivity contribution in [2.24, 2.45) is 0 Å². The summed E-state index contributed by atoms with van der Waals surface area (Å²) < 4.78 is 4.94. The fraction of sp³-hybridized carbons (Fsp3) is 0.263. The SMILES string of the molecule is O=C(CNC(=O)c1cc(Cl)ccn1)OCC(=O)c1ccc2c(c1)CCC2. The molecule has 1 aliphatic rings. The Kier molecular flexibility index (Phi) is 5.63. The van der Waals surface area contributed by atoms with Gasteiger partial charge in [0.2, 0.25) is 0 Å². The number of fused-ring (bicyclic) bond motifs is 1. The molecule has 1 aromatic heterocycles. The summed E-state index contributed by atoms with van der Waals surface area (Å²) >= 11 is 5.78. The largest absolute Gasteiger partial charge is 0.456 e. The van der Waals surface area contributed by atoms with Crippen LogP contribution >= 0.6 is 11.6 Å². The van der Waals surface area contributed by atoms with Crippen LogP contribution in [0.25, 0.3) is 0 Å². The van der Waals surface area contributed by atoms with E-state index in [1.54, 1.807) is 6.07 Å². The lowest BCUT2D eigenvalue weighted by Gasteiger charge is -2.07. The molecule has 1 aromatic carbocycles. The van der Waals surface area contributed by atoms with Crippen molar-refractivity contribution < 1.29 is 19.1 Å². The van der Waals surface area contributed by atoms with E-state index < -0.39 is 11.9 Å². The molecule has 7 heteroatoms. The Morgan fingerprint density at radius 1 is 1.12 bits per heavy atom. The zero-order valence-electron chi connectivity index (χ0n) is 14.0. The molecule has 0 unspecified atom stereocenters. The Balaban J connectivity index is 1.46. The summed E-state index contributed by atoms with van der Waals surface area (Å²) in [7, 11) is 0. The Morgan fingerprint density at radius 3 is 2.73 bits per heavy atom. The summed E-state index contributed by atoms with van der Waals surface area (Å²) in [4.78, 5) is 39.6. The molecule has 0 spiro atoms. The zero-order chi connectivity index (χ0) is 18.5. The van der Waals surface area contributed by atoms with E-state index in [0.717, 1.165) is 19.3 Å². The molecule has 2 aromatic rings. The maximum Gasteiger partial charge on any atom is 0.325 e. The fourth-order valence-corrected chi connectivity index (χ4v) is 2.96. The number of amides is 1. The van der Waals surface area contributed by atoms with Crippen LogP contribution in [0, 0.1) is 0 Å². The first-order valence-electron chi connectivity index (χ1n) is 8.23. The van der Waals surface area contributed by atoms with E-state index in [-0.39, 0.29) is 24.6 Å². The summed E-state index contributed by atoms with van der Waals surface area (Å²) in [5, 5.41) is 2.75. The Hall–Kier alpha value is -2.73. The minimum absolute atomic E-state index is 0.0968. The van der Waals surface area contributed by atoms with Crippen LogP contribution in [0.3, 0.4) is 0 Å². The lowest BCUT2D eigenvalue weighted by Crippen LogP contribution is -2.32. The number of nitrogens with one attached hydrogen (secondary N) is 1. The molecule has 0 bridgehead atoms. The molecule has 1 heterocycles. The van der Waals surface area contributed by atoms with Gasteiger partial charge in [0.15, 0.2) is 12.4 Å². The zero-order valence-corrected chi connectivity index (χ0v) is 14.7. The predicted molar refractivity (Wildman–Crippen MR) is 95.3 cm³/mol. The topological polar surface area (TPSA) is 85.4 Å². The van der Waals surface area contributed by atoms with E-state index in [1.165, 1.54) is 29.5 Å². The number of esters is 1. The van der Waals surface area contributed by atoms with Crippen LogP contribution in [-0.2, 0) is 22.4 Å². The van der Waals surface area contributed by atoms with Gasteiger partial charge < -0.3 is 10.1 Å². The lowest BCUT2D eigenvalue weighted by molar-refractivity contribution is -0.141. The van der Waals surface area contributed by atoms with Crippen LogP contribution in [0.15, 0.2) is 36.5 Å². The van der Waals surface area contributed by atoms with Gasteiger partial charge in [0, 0.05) is 16.8 Å². The van der Waals surface area contributed by atoms with Gasteiger partial charge in [0.05, 0.1) is 0 Å². The molecule has 3 rings (SSSR count). The number of carbonyl (C=O) groups excluding carboxylic acids is 3. The number of hydrogen-bond acceptors (Lipinski definition) is 5. The summed E-state index contributed by atoms with van der Waals surface area (Å²) in [5.41, 5.74) is 3.09. The van der Waals surface area contributed by atoms with Crippen LogP contribution in [0.2, 0.25) is 5.02 Å². The standard InChI is InChI=1S/C19H17ClN2O4/c20-15-6-7-21-16(9-15)19(25)22-10-18(24)26-11-17(23)14-5-4-12-2-1-3-13(12)8-14/h4-9H,1-3,10-11H2,(H,22,25). The van der Waals surface area contributed by atoms with E-state index in [9.17, 15) is 14.4 Å². The van der Waals surface area contributed by atoms with E-state index >= 15 is 0 Å². The van der Waals surface area contributed by atoms with Crippen molar-refractivity contribution in [1.29, 1.82) is 0 Å². The van der Waals surface area contributed by atoms with Gasteiger partial charge in [0.1, 0.15) is 12.2 Å². The summed E-state index contributed by atoms with van der Waals surface area (Å²) in [5.74, 6) is -1.51. The number of aromatic nitrogens is 1. The van der Waals surface area contributed by atoms with E-state index in [0.29, 0.717) is 10.6 Å². The highest BCUT2D eigenvalue weighted by Crippen LogP contribution is 2.23. The predicted octanol–water partition coefficient (Wildman–Crippen LogP) is 2.38. The van der Waals surface area contributed by atoms with Crippen LogP contribution in [0.5, 0.6) is 0 Å². The maximum absolute atomic E-state index is 12.2. The molecule has 1 N–H and O–H groups in total. The molecule has 6 nitrogen and oxygen atoms in total. The number of ketones is 1. The minimum atomic E-state index is -0.699. The second kappa shape index (κ2) is 8.10. The first-order chi connectivity index (χ1) is 12.5. The highest BCUT2D eigenvalue weighted by Gasteiger charge is 2.16. The molecule has 1 aliphatic carbocycles. The van der Waals surface area contributed by atoms with Crippen molar-refractivity contribution in [3.05, 3.63) is 63.9 Å². The number of carbonyl (C=O) groups is 3. The third-order valence-electron chi connectivity index (χ3n) is 4.13. The number of pyridine rings is 1. The Labute approximate surface area is 155 Å². The normalized spacial score (nSPS) is 12.3. The van der Waals surface area contributed by atoms with Crippen LogP contribution < -0.4 is 5.32 Å². The van der Waals surface area contributed by atoms with E-state index in [1.807, 2.05) is 12.1 Å². The quantitative estimate of drug-likeness (QED) is 0.621. The average Bonchev–Trinajstić information content (AvgIpc) is 3.11. The molecule has 0 aliphatic heterocycles. The van der Waals surface area contributed by atoms with Crippen molar-refractivity contribution >= 4 is 29.3 Å². The summed E-state index contributed by atoms with van der Waals surface area (Å²) in [6, 6.07) is 8.50. The highest BCUT2D eigenvalue weighted by molar-refractivity contribution is 6.30. The number of ether oxygens (including phenoxy) is 1. The summed E-state index contributed by atoms with van der Waals surface area (Å²) in [6.45, 7) is -0.715. The molecule has 0 saturated carbocycles. The maximum atomic E-state index is 12.2. The van der Waals surface area contributed by atoms with Gasteiger partial charge >= 0.3 is 5.97 Å². The first kappa shape index (κ1) is 18.1. The van der Waals surface area contributed by atoms with Gasteiger partial charge in [-0.1, -0.05) is 23.7 Å². The highest BCUT2D eigenvalue weighted by atomic mass is 35.5. The third-order valence-corrected chi connectivity index (χ3v) is 4.37. The number of hydrogen-bond donors (Lipinski definition) is 1. The minimum Gasteiger partial charge on any atom is -0.456 e. The van der Waals surface area contributed by atoms with Gasteiger partial charge in [-0.25, -0.2) is 0 Å². The third kappa shape index (κ3) is 4.46. The number of rotatable bonds is 6. The van der Waals surface area contributed by atoms with Crippen molar-refractivity contribution in [1.82, 2.24) is 10.3 Å². The average molecular weight is 373 g/mol. The fourth-order valence-electron chi connectivity index (χ4n) is 2.80. The van der Waals surface area contributed by atoms with Gasteiger partial charge in [0.25, 0.3) is 5.91 Å². The molecule has 134 valence electrons. The van der Waals surface area contributed by atoms with Gasteiger partial charge in [-0.05, 0) is 48.6 Å². The molecule has 26 heavy (non-hydrogen) atoms. The first-order valence-corrected chi connectivity index (χ1v) is 8.61. The van der Waals surface area contributed by atoms with Crippen LogP contribution in [0.4, 0.5) is 0 Å². The second-order valence-electron chi connectivity index (χ2n) is 5.96. The van der Waals surface area contributed by atoms with Crippen molar-refractivity contribution in [3.8, 4) is 0 Å². The van der Waals surface area contributed by atoms with Gasteiger partial charge in [-0.2, -0.15) is 0 Å². The van der Waals surface area contributed by atoms with Gasteiger partial charge in [-0.15, -0.1) is 0 Å². The molecule has 0 saturated heterocycles. The lowest BCUT2D eigenvalue weighted by atomic mass is 10.0. The van der Waals surface area contributed by atoms with E-state index in [2.05, 4.69) is 10.3 Å².